The second-order valence-corrected chi connectivity index (χ2v) is 3.23. The summed E-state index contributed by atoms with van der Waals surface area (Å²) < 4.78 is 0. The summed E-state index contributed by atoms with van der Waals surface area (Å²) in [4.78, 5) is 20.7. The van der Waals surface area contributed by atoms with Crippen LogP contribution >= 0.6 is 0 Å². The third-order valence-corrected chi connectivity index (χ3v) is 2.17. The number of carbonyl (C=O) groups is 1. The Kier molecular flexibility index (Phi) is 3.51. The van der Waals surface area contributed by atoms with Crippen molar-refractivity contribution in [2.24, 2.45) is 0 Å². The van der Waals surface area contributed by atoms with E-state index in [4.69, 9.17) is 5.11 Å². The van der Waals surface area contributed by atoms with Gasteiger partial charge in [-0.25, -0.2) is 0 Å². The summed E-state index contributed by atoms with van der Waals surface area (Å²) in [6.07, 6.45) is 0.654. The van der Waals surface area contributed by atoms with Crippen LogP contribution < -0.4 is 0 Å². The lowest BCUT2D eigenvalue weighted by atomic mass is 9.99. The average Bonchev–Trinajstić information content (AvgIpc) is 2.27. The number of aliphatic hydroxyl groups excluding tert-OH is 1. The minimum atomic E-state index is -0.547. The molecule has 0 aliphatic rings. The fourth-order valence-electron chi connectivity index (χ4n) is 1.30. The molecule has 0 bridgehead atoms. The normalized spacial score (nSPS) is 12.1. The van der Waals surface area contributed by atoms with Crippen LogP contribution in [0.25, 0.3) is 0 Å². The first-order valence-electron chi connectivity index (χ1n) is 4.43. The number of aliphatic hydroxyl groups is 1. The number of aldehydes is 1. The van der Waals surface area contributed by atoms with E-state index in [9.17, 15) is 14.9 Å². The second-order valence-electron chi connectivity index (χ2n) is 3.23. The Bertz CT molecular complexity index is 389. The van der Waals surface area contributed by atoms with Crippen LogP contribution in [0.15, 0.2) is 18.2 Å². The highest BCUT2D eigenvalue weighted by molar-refractivity contribution is 5.65. The second kappa shape index (κ2) is 4.65. The number of hydrogen-bond acceptors (Lipinski definition) is 4. The molecule has 1 N–H and O–H groups in total. The van der Waals surface area contributed by atoms with E-state index in [-0.39, 0.29) is 12.3 Å². The van der Waals surface area contributed by atoms with Gasteiger partial charge >= 0.3 is 0 Å². The summed E-state index contributed by atoms with van der Waals surface area (Å²) in [7, 11) is 0. The third-order valence-electron chi connectivity index (χ3n) is 2.17. The van der Waals surface area contributed by atoms with Crippen LogP contribution in [-0.4, -0.2) is 16.3 Å². The lowest BCUT2D eigenvalue weighted by molar-refractivity contribution is -0.385. The van der Waals surface area contributed by atoms with E-state index in [1.807, 2.05) is 0 Å². The number of rotatable bonds is 4. The highest BCUT2D eigenvalue weighted by atomic mass is 16.6. The number of nitro benzene ring substituents is 1. The van der Waals surface area contributed by atoms with E-state index in [0.29, 0.717) is 17.4 Å². The van der Waals surface area contributed by atoms with E-state index in [0.717, 1.165) is 0 Å². The Morgan fingerprint density at radius 2 is 2.27 bits per heavy atom. The maximum atomic E-state index is 10.7. The molecule has 0 fully saturated rings. The fourth-order valence-corrected chi connectivity index (χ4v) is 1.30. The first-order chi connectivity index (χ1) is 7.10. The van der Waals surface area contributed by atoms with Gasteiger partial charge in [-0.1, -0.05) is 19.1 Å². The predicted molar refractivity (Wildman–Crippen MR) is 53.5 cm³/mol. The molecule has 0 amide bonds. The molecule has 1 atom stereocenters. The Morgan fingerprint density at radius 3 is 2.73 bits per heavy atom. The predicted octanol–water partition coefficient (Wildman–Crippen LogP) is 1.39. The lowest BCUT2D eigenvalue weighted by Crippen LogP contribution is -2.01. The summed E-state index contributed by atoms with van der Waals surface area (Å²) in [6, 6.07) is 4.36. The van der Waals surface area contributed by atoms with Crippen LogP contribution in [0.4, 0.5) is 5.69 Å². The summed E-state index contributed by atoms with van der Waals surface area (Å²) in [6.45, 7) is 1.34. The Hall–Kier alpha value is -1.75. The SMILES string of the molecule is CC(C=O)c1ccc(CO)cc1[N+](=O)[O-]. The summed E-state index contributed by atoms with van der Waals surface area (Å²) >= 11 is 0. The highest BCUT2D eigenvalue weighted by Crippen LogP contribution is 2.26. The standard InChI is InChI=1S/C10H11NO4/c1-7(5-12)9-3-2-8(6-13)4-10(9)11(14)15/h2-5,7,13H,6H2,1H3. The van der Waals surface area contributed by atoms with Crippen LogP contribution in [0, 0.1) is 10.1 Å². The van der Waals surface area contributed by atoms with Crippen LogP contribution in [-0.2, 0) is 11.4 Å². The van der Waals surface area contributed by atoms with Crippen molar-refractivity contribution < 1.29 is 14.8 Å². The first-order valence-corrected chi connectivity index (χ1v) is 4.43. The quantitative estimate of drug-likeness (QED) is 0.461. The van der Waals surface area contributed by atoms with E-state index >= 15 is 0 Å². The molecule has 0 aliphatic heterocycles. The Balaban J connectivity index is 3.26. The molecule has 0 saturated carbocycles. The molecule has 0 heterocycles. The largest absolute Gasteiger partial charge is 0.392 e. The number of hydrogen-bond donors (Lipinski definition) is 1. The van der Waals surface area contributed by atoms with Gasteiger partial charge in [0, 0.05) is 17.5 Å². The minimum Gasteiger partial charge on any atom is -0.392 e. The number of nitrogens with zero attached hydrogens (tertiary/aromatic N) is 1. The summed E-state index contributed by atoms with van der Waals surface area (Å²) in [5.41, 5.74) is 0.705. The maximum Gasteiger partial charge on any atom is 0.273 e. The van der Waals surface area contributed by atoms with Crippen molar-refractivity contribution in [2.45, 2.75) is 19.4 Å². The van der Waals surface area contributed by atoms with E-state index in [1.54, 1.807) is 13.0 Å². The topological polar surface area (TPSA) is 80.4 Å². The van der Waals surface area contributed by atoms with Crippen molar-refractivity contribution >= 4 is 12.0 Å². The maximum absolute atomic E-state index is 10.7. The average molecular weight is 209 g/mol. The molecule has 0 aromatic heterocycles. The van der Waals surface area contributed by atoms with E-state index < -0.39 is 10.8 Å². The van der Waals surface area contributed by atoms with Crippen LogP contribution in [0.2, 0.25) is 0 Å². The van der Waals surface area contributed by atoms with E-state index in [1.165, 1.54) is 12.1 Å². The summed E-state index contributed by atoms with van der Waals surface area (Å²) in [5, 5.41) is 19.6. The van der Waals surface area contributed by atoms with Gasteiger partial charge in [-0.2, -0.15) is 0 Å². The van der Waals surface area contributed by atoms with Gasteiger partial charge in [-0.15, -0.1) is 0 Å². The van der Waals surface area contributed by atoms with Crippen molar-refractivity contribution in [3.05, 3.63) is 39.4 Å². The zero-order valence-corrected chi connectivity index (χ0v) is 8.21. The van der Waals surface area contributed by atoms with Crippen molar-refractivity contribution in [3.63, 3.8) is 0 Å². The van der Waals surface area contributed by atoms with Gasteiger partial charge in [0.1, 0.15) is 6.29 Å². The van der Waals surface area contributed by atoms with Crippen LogP contribution in [0.1, 0.15) is 24.0 Å². The monoisotopic (exact) mass is 209 g/mol. The van der Waals surface area contributed by atoms with Gasteiger partial charge in [0.15, 0.2) is 0 Å². The van der Waals surface area contributed by atoms with E-state index in [2.05, 4.69) is 0 Å². The van der Waals surface area contributed by atoms with Gasteiger partial charge in [-0.05, 0) is 5.56 Å². The molecule has 1 aromatic carbocycles. The molecule has 0 aliphatic carbocycles. The fraction of sp³-hybridized carbons (Fsp3) is 0.300. The van der Waals surface area contributed by atoms with Crippen LogP contribution in [0.3, 0.4) is 0 Å². The molecule has 1 unspecified atom stereocenters. The molecule has 0 spiro atoms. The smallest absolute Gasteiger partial charge is 0.273 e. The third kappa shape index (κ3) is 2.38. The number of benzene rings is 1. The van der Waals surface area contributed by atoms with Gasteiger partial charge < -0.3 is 9.90 Å². The molecule has 5 heteroatoms. The van der Waals surface area contributed by atoms with Crippen molar-refractivity contribution in [2.75, 3.05) is 0 Å². The molecule has 0 saturated heterocycles. The van der Waals surface area contributed by atoms with Gasteiger partial charge in [0.25, 0.3) is 5.69 Å². The number of nitro groups is 1. The highest BCUT2D eigenvalue weighted by Gasteiger charge is 2.18. The van der Waals surface area contributed by atoms with Crippen molar-refractivity contribution in [1.29, 1.82) is 0 Å². The zero-order chi connectivity index (χ0) is 11.4. The number of carbonyl (C=O) groups excluding carboxylic acids is 1. The lowest BCUT2D eigenvalue weighted by Gasteiger charge is -2.06. The molecule has 1 rings (SSSR count). The Labute approximate surface area is 86.5 Å². The molecule has 5 nitrogen and oxygen atoms in total. The molecular formula is C10H11NO4. The molecule has 0 radical (unpaired) electrons. The zero-order valence-electron chi connectivity index (χ0n) is 8.21. The van der Waals surface area contributed by atoms with Gasteiger partial charge in [0.05, 0.1) is 11.5 Å². The molecule has 80 valence electrons. The van der Waals surface area contributed by atoms with Crippen molar-refractivity contribution in [3.8, 4) is 0 Å². The molecule has 1 aromatic rings. The van der Waals surface area contributed by atoms with Gasteiger partial charge in [0.2, 0.25) is 0 Å². The molecule has 15 heavy (non-hydrogen) atoms. The first kappa shape index (κ1) is 11.3. The van der Waals surface area contributed by atoms with Crippen molar-refractivity contribution in [1.82, 2.24) is 0 Å². The Morgan fingerprint density at radius 1 is 1.60 bits per heavy atom. The van der Waals surface area contributed by atoms with Crippen LogP contribution in [0.5, 0.6) is 0 Å². The molecular weight excluding hydrogens is 198 g/mol. The minimum absolute atomic E-state index is 0.124. The summed E-state index contributed by atoms with van der Waals surface area (Å²) in [5.74, 6) is -0.516. The van der Waals surface area contributed by atoms with Gasteiger partial charge in [-0.3, -0.25) is 10.1 Å².